The zero-order valence-electron chi connectivity index (χ0n) is 41.5. The summed E-state index contributed by atoms with van der Waals surface area (Å²) in [5.74, 6) is -1.24. The van der Waals surface area contributed by atoms with Crippen LogP contribution in [0.3, 0.4) is 0 Å². The number of rotatable bonds is 13. The first-order chi connectivity index (χ1) is 37.7. The number of hydrogen-bond donors (Lipinski definition) is 5. The SMILES string of the molecule is CC(C)[C@@H](O)C(=O)N[C@@H](C)C(=O)N1CCCC1c1ncc(-c2ccc(-c3ccc(C4=CN=C([C@@H]5CCCN5C(=O)[C@H](C)NC(=O)[C@H](O)C(C)C)C4)cc3)cc2)[nH]1.FF.FF.FF.FF.FF.FF.FF.FF.FF.FF.FF. The van der Waals surface area contributed by atoms with Crippen molar-refractivity contribution >= 4 is 34.9 Å². The molecule has 6 atom stereocenters. The number of aliphatic imine (C=N–C) groups is 1. The Morgan fingerprint density at radius 1 is 0.526 bits per heavy atom. The Labute approximate surface area is 429 Å². The number of carbonyl (C=O) groups excluding carboxylic acids is 4. The zero-order chi connectivity index (χ0) is 62.3. The van der Waals surface area contributed by atoms with Crippen LogP contribution in [0.25, 0.3) is 28.0 Å². The second-order valence-corrected chi connectivity index (χ2v) is 16.0. The summed E-state index contributed by atoms with van der Waals surface area (Å²) in [7, 11) is 0. The molecular weight excluding hydrogens is 1130 g/mol. The molecule has 0 spiro atoms. The van der Waals surface area contributed by atoms with Crippen molar-refractivity contribution in [1.29, 1.82) is 0 Å². The van der Waals surface area contributed by atoms with Crippen molar-refractivity contribution in [2.75, 3.05) is 13.1 Å². The number of aromatic amines is 1. The Morgan fingerprint density at radius 3 is 1.23 bits per heavy atom. The second kappa shape index (κ2) is 51.1. The molecule has 1 unspecified atom stereocenters. The Morgan fingerprint density at radius 2 is 0.859 bits per heavy atom. The van der Waals surface area contributed by atoms with Gasteiger partial charge >= 0.3 is 0 Å². The van der Waals surface area contributed by atoms with Crippen LogP contribution in [-0.4, -0.2) is 103 Å². The van der Waals surface area contributed by atoms with Crippen LogP contribution < -0.4 is 10.6 Å². The molecule has 2 aromatic carbocycles. The van der Waals surface area contributed by atoms with Crippen LogP contribution >= 0.6 is 0 Å². The van der Waals surface area contributed by atoms with E-state index in [0.717, 1.165) is 64.9 Å². The normalized spacial score (nSPS) is 15.5. The van der Waals surface area contributed by atoms with Crippen LogP contribution in [0.5, 0.6) is 0 Å². The van der Waals surface area contributed by atoms with Crippen LogP contribution in [-0.2, 0) is 19.2 Å². The molecular formula is C43H55F22N7O6. The number of aliphatic hydroxyl groups is 2. The van der Waals surface area contributed by atoms with Gasteiger partial charge in [0.1, 0.15) is 30.1 Å². The van der Waals surface area contributed by atoms with Gasteiger partial charge in [0.05, 0.1) is 24.0 Å². The number of nitrogens with zero attached hydrogens (tertiary/aromatic N) is 4. The number of aromatic nitrogens is 2. The van der Waals surface area contributed by atoms with Crippen molar-refractivity contribution in [3.8, 4) is 22.4 Å². The first kappa shape index (κ1) is 82.7. The third kappa shape index (κ3) is 26.1. The van der Waals surface area contributed by atoms with Crippen molar-refractivity contribution in [3.63, 3.8) is 0 Å². The maximum absolute atomic E-state index is 13.4. The lowest BCUT2D eigenvalue weighted by atomic mass is 9.96. The molecule has 4 heterocycles. The fourth-order valence-corrected chi connectivity index (χ4v) is 7.72. The van der Waals surface area contributed by atoms with E-state index >= 15 is 0 Å². The number of benzene rings is 2. The Bertz CT molecular complexity index is 2030. The minimum Gasteiger partial charge on any atom is -0.383 e. The summed E-state index contributed by atoms with van der Waals surface area (Å²) >= 11 is 0. The average molecular weight is 1180 g/mol. The van der Waals surface area contributed by atoms with Crippen LogP contribution in [0.4, 0.5) is 101 Å². The lowest BCUT2D eigenvalue weighted by Crippen LogP contribution is -2.52. The first-order valence-electron chi connectivity index (χ1n) is 21.4. The van der Waals surface area contributed by atoms with Crippen LogP contribution in [0, 0.1) is 11.8 Å². The van der Waals surface area contributed by atoms with Crippen LogP contribution in [0.15, 0.2) is 65.9 Å². The van der Waals surface area contributed by atoms with E-state index in [-0.39, 0.29) is 35.7 Å². The van der Waals surface area contributed by atoms with Gasteiger partial charge in [-0.1, -0.05) is 76.2 Å². The molecule has 4 amide bonds. The van der Waals surface area contributed by atoms with Crippen molar-refractivity contribution in [2.24, 2.45) is 16.8 Å². The summed E-state index contributed by atoms with van der Waals surface area (Å²) in [4.78, 5) is 67.8. The van der Waals surface area contributed by atoms with Gasteiger partial charge in [-0.25, -0.2) is 4.98 Å². The van der Waals surface area contributed by atoms with Gasteiger partial charge in [-0.15, -0.1) is 0 Å². The summed E-state index contributed by atoms with van der Waals surface area (Å²) in [6.45, 7) is 11.5. The maximum atomic E-state index is 13.4. The molecule has 5 N–H and O–H groups in total. The Balaban J connectivity index is -0.000000525. The number of halogens is 22. The number of likely N-dealkylation sites (tertiary alicyclic amines) is 2. The molecule has 2 fully saturated rings. The van der Waals surface area contributed by atoms with E-state index in [1.54, 1.807) is 52.6 Å². The van der Waals surface area contributed by atoms with Gasteiger partial charge in [0.2, 0.25) is 23.6 Å². The van der Waals surface area contributed by atoms with Crippen LogP contribution in [0.2, 0.25) is 0 Å². The summed E-state index contributed by atoms with van der Waals surface area (Å²) in [6.07, 6.45) is 5.26. The van der Waals surface area contributed by atoms with E-state index in [1.165, 1.54) is 0 Å². The number of allylic oxidation sites excluding steroid dienone is 1. The molecule has 6 rings (SSSR count). The van der Waals surface area contributed by atoms with Gasteiger partial charge in [-0.2, -0.15) is 0 Å². The smallest absolute Gasteiger partial charge is 0.249 e. The molecule has 452 valence electrons. The third-order valence-corrected chi connectivity index (χ3v) is 11.2. The van der Waals surface area contributed by atoms with Gasteiger partial charge in [-0.05, 0) is 79.2 Å². The number of imidazole rings is 1. The highest BCUT2D eigenvalue weighted by Gasteiger charge is 2.37. The lowest BCUT2D eigenvalue weighted by molar-refractivity contribution is -0.140. The fourth-order valence-electron chi connectivity index (χ4n) is 7.72. The minimum absolute atomic E-state index is 0.123. The maximum Gasteiger partial charge on any atom is 0.249 e. The number of H-pyrrole nitrogens is 1. The number of aliphatic hydroxyl groups excluding tert-OH is 2. The predicted molar refractivity (Wildman–Crippen MR) is 239 cm³/mol. The molecule has 0 radical (unpaired) electrons. The quantitative estimate of drug-likeness (QED) is 0.106. The third-order valence-electron chi connectivity index (χ3n) is 11.2. The Hall–Kier alpha value is -6.68. The number of nitrogens with one attached hydrogen (secondary N) is 3. The summed E-state index contributed by atoms with van der Waals surface area (Å²) in [5.41, 5.74) is 7.04. The largest absolute Gasteiger partial charge is 0.383 e. The van der Waals surface area contributed by atoms with E-state index < -0.39 is 36.1 Å². The van der Waals surface area contributed by atoms with E-state index in [4.69, 9.17) is 106 Å². The molecule has 0 bridgehead atoms. The number of hydrogen-bond acceptors (Lipinski definition) is 8. The van der Waals surface area contributed by atoms with E-state index in [9.17, 15) is 29.4 Å². The number of amides is 4. The molecule has 0 aliphatic carbocycles. The van der Waals surface area contributed by atoms with Gasteiger partial charge in [0.15, 0.2) is 0 Å². The molecule has 0 saturated carbocycles. The van der Waals surface area contributed by atoms with Crippen molar-refractivity contribution < 1.29 is 130 Å². The molecule has 3 aliphatic heterocycles. The molecule has 13 nitrogen and oxygen atoms in total. The van der Waals surface area contributed by atoms with Gasteiger partial charge in [-0.3, -0.25) is 24.2 Å². The zero-order valence-corrected chi connectivity index (χ0v) is 41.5. The predicted octanol–water partition coefficient (Wildman–Crippen LogP) is 13.9. The minimum atomic E-state index is -1.17. The molecule has 2 saturated heterocycles. The monoisotopic (exact) mass is 1180 g/mol. The van der Waals surface area contributed by atoms with E-state index in [0.29, 0.717) is 25.3 Å². The first-order valence-corrected chi connectivity index (χ1v) is 21.4. The van der Waals surface area contributed by atoms with Gasteiger partial charge in [0, 0.05) is 132 Å². The van der Waals surface area contributed by atoms with Crippen molar-refractivity contribution in [2.45, 2.75) is 110 Å². The fraction of sp³-hybridized carbons (Fsp3) is 0.488. The molecule has 35 heteroatoms. The Kier molecular flexibility index (Phi) is 54.1. The molecule has 3 aliphatic rings. The standard InChI is InChI=1S/C43H55N7O6.11F2/c1-24(2)37(51)40(53)46-26(5)42(55)49-19-7-9-35(49)33-21-32(22-44-33)30-13-11-28(12-14-30)29-15-17-31(18-16-29)34-23-45-39(48-34)36-10-8-20-50(36)43(56)27(6)47-41(54)38(52)25(3)4;11*1-2/h11-18,22-27,35-38,51-52H,7-10,19-21H2,1-6H3,(H,45,48)(H,46,53)(H,47,54);;;;;;;;;;;/t26-,27-,35-,36?,37+,38+;;;;;;;;;;;/m0.........../s1. The van der Waals surface area contributed by atoms with Crippen LogP contribution in [0.1, 0.15) is 91.1 Å². The average Bonchev–Trinajstić information content (AvgIpc) is 4.39. The molecule has 1 aromatic heterocycles. The lowest BCUT2D eigenvalue weighted by Gasteiger charge is -2.29. The van der Waals surface area contributed by atoms with Gasteiger partial charge < -0.3 is 35.6 Å². The van der Waals surface area contributed by atoms with E-state index in [1.807, 2.05) is 23.2 Å². The van der Waals surface area contributed by atoms with Crippen molar-refractivity contribution in [3.05, 3.63) is 72.3 Å². The van der Waals surface area contributed by atoms with Gasteiger partial charge in [0.25, 0.3) is 0 Å². The highest BCUT2D eigenvalue weighted by molar-refractivity contribution is 6.04. The summed E-state index contributed by atoms with van der Waals surface area (Å²) < 4.78 is 176. The summed E-state index contributed by atoms with van der Waals surface area (Å²) in [6, 6.07) is 14.7. The molecule has 3 aromatic rings. The topological polar surface area (TPSA) is 180 Å². The number of carbonyl (C=O) groups is 4. The van der Waals surface area contributed by atoms with E-state index in [2.05, 4.69) is 57.0 Å². The molecule has 78 heavy (non-hydrogen) atoms. The summed E-state index contributed by atoms with van der Waals surface area (Å²) in [5, 5.41) is 25.5. The highest BCUT2D eigenvalue weighted by atomic mass is 20.0. The van der Waals surface area contributed by atoms with Crippen molar-refractivity contribution in [1.82, 2.24) is 30.4 Å². The second-order valence-electron chi connectivity index (χ2n) is 16.0. The highest BCUT2D eigenvalue weighted by Crippen LogP contribution is 2.34.